The van der Waals surface area contributed by atoms with E-state index in [9.17, 15) is 8.42 Å². The fraction of sp³-hybridized carbons (Fsp3) is 0.545. The highest BCUT2D eigenvalue weighted by molar-refractivity contribution is 7.91. The number of nitrogens with zero attached hydrogens (tertiary/aromatic N) is 3. The lowest BCUT2D eigenvalue weighted by atomic mass is 10.3. The number of sulfone groups is 1. The van der Waals surface area contributed by atoms with E-state index in [1.54, 1.807) is 11.3 Å². The SMILES string of the molecule is O=S1(=O)CCCN(c2nc3sccn3c2CCl)CC1. The highest BCUT2D eigenvalue weighted by atomic mass is 35.5. The Morgan fingerprint density at radius 2 is 2.21 bits per heavy atom. The second-order valence-electron chi connectivity index (χ2n) is 4.56. The van der Waals surface area contributed by atoms with E-state index in [2.05, 4.69) is 4.98 Å². The number of hydrogen-bond acceptors (Lipinski definition) is 5. The van der Waals surface area contributed by atoms with Crippen LogP contribution in [0.15, 0.2) is 11.6 Å². The first kappa shape index (κ1) is 13.2. The van der Waals surface area contributed by atoms with Crippen molar-refractivity contribution < 1.29 is 8.42 Å². The van der Waals surface area contributed by atoms with E-state index in [0.717, 1.165) is 16.5 Å². The molecule has 0 saturated carbocycles. The van der Waals surface area contributed by atoms with Crippen LogP contribution in [-0.2, 0) is 15.7 Å². The molecule has 0 radical (unpaired) electrons. The summed E-state index contributed by atoms with van der Waals surface area (Å²) in [4.78, 5) is 7.53. The first-order valence-corrected chi connectivity index (χ1v) is 9.30. The van der Waals surface area contributed by atoms with Gasteiger partial charge in [0.1, 0.15) is 0 Å². The Labute approximate surface area is 120 Å². The standard InChI is InChI=1S/C11H14ClN3O2S2/c12-8-9-10(13-11-15(9)3-5-18-11)14-2-1-6-19(16,17)7-4-14/h3,5H,1-2,4,6-8H2. The van der Waals surface area contributed by atoms with Gasteiger partial charge in [0.15, 0.2) is 20.6 Å². The van der Waals surface area contributed by atoms with Crippen LogP contribution in [0.3, 0.4) is 0 Å². The summed E-state index contributed by atoms with van der Waals surface area (Å²) in [6, 6.07) is 0. The normalized spacial score (nSPS) is 19.7. The van der Waals surface area contributed by atoms with Crippen LogP contribution in [0.2, 0.25) is 0 Å². The van der Waals surface area contributed by atoms with Crippen molar-refractivity contribution in [2.24, 2.45) is 0 Å². The molecule has 0 aromatic carbocycles. The van der Waals surface area contributed by atoms with Crippen LogP contribution in [0.25, 0.3) is 4.96 Å². The molecular formula is C11H14ClN3O2S2. The topological polar surface area (TPSA) is 54.7 Å². The zero-order chi connectivity index (χ0) is 13.5. The predicted octanol–water partition coefficient (Wildman–Crippen LogP) is 1.76. The number of anilines is 1. The van der Waals surface area contributed by atoms with Crippen LogP contribution >= 0.6 is 22.9 Å². The molecule has 2 aromatic rings. The van der Waals surface area contributed by atoms with Gasteiger partial charge in [0.05, 0.1) is 23.1 Å². The molecular weight excluding hydrogens is 306 g/mol. The van der Waals surface area contributed by atoms with E-state index in [1.807, 2.05) is 20.9 Å². The molecule has 1 saturated heterocycles. The lowest BCUT2D eigenvalue weighted by Gasteiger charge is -2.20. The first-order chi connectivity index (χ1) is 9.11. The molecule has 0 aliphatic carbocycles. The van der Waals surface area contributed by atoms with E-state index in [4.69, 9.17) is 11.6 Å². The molecule has 0 bridgehead atoms. The summed E-state index contributed by atoms with van der Waals surface area (Å²) < 4.78 is 25.3. The van der Waals surface area contributed by atoms with Gasteiger partial charge in [-0.25, -0.2) is 13.4 Å². The highest BCUT2D eigenvalue weighted by Crippen LogP contribution is 2.27. The number of thiazole rings is 1. The van der Waals surface area contributed by atoms with Crippen LogP contribution < -0.4 is 4.90 Å². The summed E-state index contributed by atoms with van der Waals surface area (Å²) in [6.45, 7) is 1.21. The number of aromatic nitrogens is 2. The lowest BCUT2D eigenvalue weighted by molar-refractivity contribution is 0.597. The summed E-state index contributed by atoms with van der Waals surface area (Å²) in [5.41, 5.74) is 0.942. The number of alkyl halides is 1. The highest BCUT2D eigenvalue weighted by Gasteiger charge is 2.23. The van der Waals surface area contributed by atoms with Gasteiger partial charge in [0, 0.05) is 24.7 Å². The average molecular weight is 320 g/mol. The zero-order valence-electron chi connectivity index (χ0n) is 10.2. The van der Waals surface area contributed by atoms with E-state index in [0.29, 0.717) is 25.4 Å². The van der Waals surface area contributed by atoms with Crippen LogP contribution in [0, 0.1) is 0 Å². The van der Waals surface area contributed by atoms with E-state index in [1.165, 1.54) is 0 Å². The molecule has 2 aromatic heterocycles. The van der Waals surface area contributed by atoms with Gasteiger partial charge in [-0.2, -0.15) is 0 Å². The molecule has 8 heteroatoms. The van der Waals surface area contributed by atoms with Gasteiger partial charge in [-0.05, 0) is 6.42 Å². The van der Waals surface area contributed by atoms with Crippen molar-refractivity contribution >= 4 is 43.6 Å². The second kappa shape index (κ2) is 4.96. The second-order valence-corrected chi connectivity index (χ2v) is 8.01. The van der Waals surface area contributed by atoms with Crippen molar-refractivity contribution in [2.45, 2.75) is 12.3 Å². The summed E-state index contributed by atoms with van der Waals surface area (Å²) in [5.74, 6) is 1.66. The van der Waals surface area contributed by atoms with Gasteiger partial charge in [-0.1, -0.05) is 0 Å². The largest absolute Gasteiger partial charge is 0.354 e. The molecule has 0 atom stereocenters. The van der Waals surface area contributed by atoms with Gasteiger partial charge in [-0.15, -0.1) is 22.9 Å². The van der Waals surface area contributed by atoms with Gasteiger partial charge >= 0.3 is 0 Å². The number of hydrogen-bond donors (Lipinski definition) is 0. The fourth-order valence-electron chi connectivity index (χ4n) is 2.35. The van der Waals surface area contributed by atoms with Crippen molar-refractivity contribution in [3.63, 3.8) is 0 Å². The maximum Gasteiger partial charge on any atom is 0.195 e. The molecule has 0 amide bonds. The molecule has 104 valence electrons. The quantitative estimate of drug-likeness (QED) is 0.792. The van der Waals surface area contributed by atoms with Crippen molar-refractivity contribution in [3.05, 3.63) is 17.3 Å². The van der Waals surface area contributed by atoms with E-state index < -0.39 is 9.84 Å². The van der Waals surface area contributed by atoms with Gasteiger partial charge in [-0.3, -0.25) is 4.40 Å². The minimum atomic E-state index is -2.90. The number of halogens is 1. The van der Waals surface area contributed by atoms with E-state index in [-0.39, 0.29) is 11.5 Å². The van der Waals surface area contributed by atoms with Crippen molar-refractivity contribution in [1.82, 2.24) is 9.38 Å². The minimum Gasteiger partial charge on any atom is -0.354 e. The van der Waals surface area contributed by atoms with Crippen LogP contribution in [0.1, 0.15) is 12.1 Å². The molecule has 1 fully saturated rings. The molecule has 0 spiro atoms. The maximum atomic E-state index is 11.6. The monoisotopic (exact) mass is 319 g/mol. The maximum absolute atomic E-state index is 11.6. The predicted molar refractivity (Wildman–Crippen MR) is 78.1 cm³/mol. The third-order valence-electron chi connectivity index (χ3n) is 3.32. The van der Waals surface area contributed by atoms with Crippen molar-refractivity contribution in [1.29, 1.82) is 0 Å². The Morgan fingerprint density at radius 3 is 3.00 bits per heavy atom. The molecule has 1 aliphatic rings. The molecule has 0 unspecified atom stereocenters. The Balaban J connectivity index is 1.97. The molecule has 5 nitrogen and oxygen atoms in total. The minimum absolute atomic E-state index is 0.194. The molecule has 3 rings (SSSR count). The van der Waals surface area contributed by atoms with Gasteiger partial charge < -0.3 is 4.90 Å². The lowest BCUT2D eigenvalue weighted by Crippen LogP contribution is -2.28. The van der Waals surface area contributed by atoms with Gasteiger partial charge in [0.2, 0.25) is 0 Å². The van der Waals surface area contributed by atoms with Crippen molar-refractivity contribution in [2.75, 3.05) is 29.5 Å². The molecule has 19 heavy (non-hydrogen) atoms. The third kappa shape index (κ3) is 2.46. The first-order valence-electron chi connectivity index (χ1n) is 6.06. The summed E-state index contributed by atoms with van der Waals surface area (Å²) >= 11 is 7.58. The average Bonchev–Trinajstić information content (AvgIpc) is 2.88. The summed E-state index contributed by atoms with van der Waals surface area (Å²) in [6.07, 6.45) is 2.60. The summed E-state index contributed by atoms with van der Waals surface area (Å²) in [7, 11) is -2.90. The Hall–Kier alpha value is -0.790. The Bertz CT molecular complexity index is 692. The molecule has 0 N–H and O–H groups in total. The fourth-order valence-corrected chi connectivity index (χ4v) is 4.60. The van der Waals surface area contributed by atoms with Crippen LogP contribution in [-0.4, -0.2) is 42.4 Å². The molecule has 3 heterocycles. The summed E-state index contributed by atoms with van der Waals surface area (Å²) in [5, 5.41) is 1.97. The molecule has 1 aliphatic heterocycles. The smallest absolute Gasteiger partial charge is 0.195 e. The Morgan fingerprint density at radius 1 is 1.37 bits per heavy atom. The van der Waals surface area contributed by atoms with Crippen LogP contribution in [0.5, 0.6) is 0 Å². The number of imidazole rings is 1. The van der Waals surface area contributed by atoms with Gasteiger partial charge in [0.25, 0.3) is 0 Å². The third-order valence-corrected chi connectivity index (χ3v) is 6.05. The zero-order valence-corrected chi connectivity index (χ0v) is 12.6. The van der Waals surface area contributed by atoms with Crippen LogP contribution in [0.4, 0.5) is 5.82 Å². The number of fused-ring (bicyclic) bond motifs is 1. The van der Waals surface area contributed by atoms with Crippen molar-refractivity contribution in [3.8, 4) is 0 Å². The van der Waals surface area contributed by atoms with E-state index >= 15 is 0 Å². The number of rotatable bonds is 2. The Kier molecular flexibility index (Phi) is 3.44.